The van der Waals surface area contributed by atoms with Crippen LogP contribution in [0.2, 0.25) is 0 Å². The summed E-state index contributed by atoms with van der Waals surface area (Å²) in [6.45, 7) is 10.2. The van der Waals surface area contributed by atoms with Crippen LogP contribution in [0, 0.1) is 0 Å². The lowest BCUT2D eigenvalue weighted by Gasteiger charge is -2.32. The van der Waals surface area contributed by atoms with Crippen LogP contribution in [-0.4, -0.2) is 129 Å². The summed E-state index contributed by atoms with van der Waals surface area (Å²) < 4.78 is 11.2. The summed E-state index contributed by atoms with van der Waals surface area (Å²) in [7, 11) is 7.30. The highest BCUT2D eigenvalue weighted by molar-refractivity contribution is 5.94. The van der Waals surface area contributed by atoms with Gasteiger partial charge >= 0.3 is 12.2 Å². The fourth-order valence-electron chi connectivity index (χ4n) is 6.36. The van der Waals surface area contributed by atoms with Crippen molar-refractivity contribution in [2.75, 3.05) is 84.2 Å². The molecule has 1 N–H and O–H groups in total. The number of hydrogen-bond acceptors (Lipinski definition) is 8. The lowest BCUT2D eigenvalue weighted by atomic mass is 10.0. The van der Waals surface area contributed by atoms with E-state index in [-0.39, 0.29) is 24.0 Å². The van der Waals surface area contributed by atoms with Crippen LogP contribution in [0.15, 0.2) is 78.9 Å². The van der Waals surface area contributed by atoms with Gasteiger partial charge in [-0.05, 0) is 82.3 Å². The van der Waals surface area contributed by atoms with Crippen LogP contribution in [0.4, 0.5) is 21.0 Å². The van der Waals surface area contributed by atoms with Gasteiger partial charge in [-0.3, -0.25) is 14.9 Å². The number of likely N-dealkylation sites (N-methyl/N-ethyl adjacent to an activating group) is 1. The van der Waals surface area contributed by atoms with Gasteiger partial charge in [0.15, 0.2) is 0 Å². The summed E-state index contributed by atoms with van der Waals surface area (Å²) in [6.07, 6.45) is 2.32. The van der Waals surface area contributed by atoms with E-state index in [1.165, 1.54) is 4.90 Å². The highest BCUT2D eigenvalue weighted by Crippen LogP contribution is 2.28. The lowest BCUT2D eigenvalue weighted by Crippen LogP contribution is -2.42. The molecule has 1 saturated heterocycles. The molecule has 0 atom stereocenters. The van der Waals surface area contributed by atoms with Crippen LogP contribution >= 0.6 is 0 Å². The van der Waals surface area contributed by atoms with Gasteiger partial charge in [-0.1, -0.05) is 48.5 Å². The molecule has 4 rings (SSSR count). The molecule has 298 valence electrons. The second-order valence-electron chi connectivity index (χ2n) is 15.4. The molecule has 0 unspecified atom stereocenters. The van der Waals surface area contributed by atoms with Crippen LogP contribution in [-0.2, 0) is 14.3 Å². The van der Waals surface area contributed by atoms with Gasteiger partial charge in [0.1, 0.15) is 11.7 Å². The Kier molecular flexibility index (Phi) is 15.9. The predicted octanol–water partition coefficient (Wildman–Crippen LogP) is 7.07. The maximum absolute atomic E-state index is 13.0. The highest BCUT2D eigenvalue weighted by atomic mass is 16.6. The molecule has 0 aliphatic carbocycles. The van der Waals surface area contributed by atoms with Crippen molar-refractivity contribution in [3.63, 3.8) is 0 Å². The topological polar surface area (TPSA) is 115 Å². The van der Waals surface area contributed by atoms with Gasteiger partial charge in [0.05, 0.1) is 5.69 Å². The third-order valence-electron chi connectivity index (χ3n) is 9.71. The third-order valence-corrected chi connectivity index (χ3v) is 9.71. The standard InChI is InChI=1S/C43H60N6O6/c1-43(2,3)55-42(53)48(7)28-14-27-47(6)40(51)34-20-22-35(23-21-34)45(4)26-13-19-39(50)46(5)31-32-49-29-24-36(25-30-49)54-41(52)44-38-18-12-11-17-37(38)33-15-9-8-10-16-33/h8-12,15-18,20-23,36H,13-14,19,24-32H2,1-7H3,(H,44,52). The molecule has 0 spiro atoms. The predicted molar refractivity (Wildman–Crippen MR) is 218 cm³/mol. The fourth-order valence-corrected chi connectivity index (χ4v) is 6.36. The maximum atomic E-state index is 13.0. The van der Waals surface area contributed by atoms with Crippen molar-refractivity contribution in [2.24, 2.45) is 0 Å². The number of nitrogens with one attached hydrogen (secondary N) is 1. The molecule has 0 bridgehead atoms. The van der Waals surface area contributed by atoms with E-state index in [1.807, 2.05) is 114 Å². The summed E-state index contributed by atoms with van der Waals surface area (Å²) in [4.78, 5) is 60.2. The second kappa shape index (κ2) is 20.5. The minimum Gasteiger partial charge on any atom is -0.446 e. The molecule has 3 aromatic carbocycles. The Morgan fingerprint density at radius 2 is 1.38 bits per heavy atom. The summed E-state index contributed by atoms with van der Waals surface area (Å²) in [5, 5.41) is 2.93. The van der Waals surface area contributed by atoms with Crippen molar-refractivity contribution in [2.45, 2.75) is 64.6 Å². The van der Waals surface area contributed by atoms with E-state index in [2.05, 4.69) is 15.1 Å². The molecule has 1 aliphatic heterocycles. The number of carbonyl (C=O) groups excluding carboxylic acids is 4. The van der Waals surface area contributed by atoms with Crippen molar-refractivity contribution in [3.05, 3.63) is 84.4 Å². The SMILES string of the molecule is CN(CCN1CCC(OC(=O)Nc2ccccc2-c2ccccc2)CC1)C(=O)CCCN(C)c1ccc(C(=O)N(C)CCCN(C)C(=O)OC(C)(C)C)cc1. The molecule has 0 radical (unpaired) electrons. The maximum Gasteiger partial charge on any atom is 0.411 e. The van der Waals surface area contributed by atoms with Gasteiger partial charge < -0.3 is 34.0 Å². The van der Waals surface area contributed by atoms with Crippen LogP contribution in [0.25, 0.3) is 11.1 Å². The van der Waals surface area contributed by atoms with Gasteiger partial charge in [-0.15, -0.1) is 0 Å². The van der Waals surface area contributed by atoms with Crippen molar-refractivity contribution < 1.29 is 28.7 Å². The first-order valence-corrected chi connectivity index (χ1v) is 19.3. The molecule has 12 nitrogen and oxygen atoms in total. The molecule has 0 aromatic heterocycles. The summed E-state index contributed by atoms with van der Waals surface area (Å²) >= 11 is 0. The van der Waals surface area contributed by atoms with E-state index in [9.17, 15) is 19.2 Å². The molecule has 1 fully saturated rings. The quantitative estimate of drug-likeness (QED) is 0.165. The van der Waals surface area contributed by atoms with Gasteiger partial charge in [0, 0.05) is 97.2 Å². The van der Waals surface area contributed by atoms with Gasteiger partial charge in [-0.25, -0.2) is 9.59 Å². The van der Waals surface area contributed by atoms with Crippen molar-refractivity contribution >= 4 is 35.4 Å². The Labute approximate surface area is 327 Å². The molecular formula is C43H60N6O6. The molecule has 55 heavy (non-hydrogen) atoms. The average molecular weight is 757 g/mol. The number of rotatable bonds is 16. The van der Waals surface area contributed by atoms with E-state index in [0.717, 1.165) is 55.0 Å². The molecule has 3 aromatic rings. The molecule has 4 amide bonds. The number of nitrogens with zero attached hydrogens (tertiary/aromatic N) is 5. The van der Waals surface area contributed by atoms with Crippen LogP contribution in [0.5, 0.6) is 0 Å². The zero-order valence-electron chi connectivity index (χ0n) is 33.8. The molecule has 0 saturated carbocycles. The normalized spacial score (nSPS) is 13.4. The average Bonchev–Trinajstić information content (AvgIpc) is 3.16. The Balaban J connectivity index is 1.09. The summed E-state index contributed by atoms with van der Waals surface area (Å²) in [6, 6.07) is 25.2. The van der Waals surface area contributed by atoms with E-state index >= 15 is 0 Å². The Bertz CT molecular complexity index is 1690. The van der Waals surface area contributed by atoms with Crippen LogP contribution in [0.1, 0.15) is 63.2 Å². The second-order valence-corrected chi connectivity index (χ2v) is 15.4. The van der Waals surface area contributed by atoms with Crippen LogP contribution in [0.3, 0.4) is 0 Å². The summed E-state index contributed by atoms with van der Waals surface area (Å²) in [5.74, 6) is 0.0323. The van der Waals surface area contributed by atoms with E-state index in [0.29, 0.717) is 51.0 Å². The minimum atomic E-state index is -0.549. The van der Waals surface area contributed by atoms with Crippen LogP contribution < -0.4 is 10.2 Å². The van der Waals surface area contributed by atoms with Crippen molar-refractivity contribution in [3.8, 4) is 11.1 Å². The first-order chi connectivity index (χ1) is 26.2. The first-order valence-electron chi connectivity index (χ1n) is 19.3. The number of piperidine rings is 1. The van der Waals surface area contributed by atoms with Gasteiger partial charge in [0.2, 0.25) is 5.91 Å². The molecular weight excluding hydrogens is 697 g/mol. The van der Waals surface area contributed by atoms with Gasteiger partial charge in [0.25, 0.3) is 5.91 Å². The number of likely N-dealkylation sites (tertiary alicyclic amines) is 1. The Morgan fingerprint density at radius 3 is 2.05 bits per heavy atom. The number of benzene rings is 3. The van der Waals surface area contributed by atoms with E-state index in [1.54, 1.807) is 23.9 Å². The highest BCUT2D eigenvalue weighted by Gasteiger charge is 2.24. The third kappa shape index (κ3) is 13.9. The van der Waals surface area contributed by atoms with E-state index in [4.69, 9.17) is 9.47 Å². The number of amides is 4. The van der Waals surface area contributed by atoms with E-state index < -0.39 is 11.7 Å². The number of anilines is 2. The number of carbonyl (C=O) groups is 4. The summed E-state index contributed by atoms with van der Waals surface area (Å²) in [5.41, 5.74) is 3.71. The van der Waals surface area contributed by atoms with Crippen molar-refractivity contribution in [1.82, 2.24) is 19.6 Å². The van der Waals surface area contributed by atoms with Crippen molar-refractivity contribution in [1.29, 1.82) is 0 Å². The largest absolute Gasteiger partial charge is 0.446 e. The fraction of sp³-hybridized carbons (Fsp3) is 0.488. The zero-order valence-corrected chi connectivity index (χ0v) is 33.8. The number of para-hydroxylation sites is 1. The number of ether oxygens (including phenoxy) is 2. The monoisotopic (exact) mass is 756 g/mol. The Hall–Kier alpha value is -5.10. The molecule has 12 heteroatoms. The zero-order chi connectivity index (χ0) is 40.0. The lowest BCUT2D eigenvalue weighted by molar-refractivity contribution is -0.130. The first kappa shape index (κ1) is 42.6. The smallest absolute Gasteiger partial charge is 0.411 e. The number of hydrogen-bond donors (Lipinski definition) is 1. The van der Waals surface area contributed by atoms with Gasteiger partial charge in [-0.2, -0.15) is 0 Å². The minimum absolute atomic E-state index is 0.0792. The molecule has 1 aliphatic rings. The Morgan fingerprint density at radius 1 is 0.745 bits per heavy atom. The molecule has 1 heterocycles.